The number of nitrogens with zero attached hydrogens (tertiary/aromatic N) is 5. The molecule has 0 saturated heterocycles. The minimum atomic E-state index is -1.06. The second-order valence-electron chi connectivity index (χ2n) is 7.85. The van der Waals surface area contributed by atoms with Crippen LogP contribution in [0.25, 0.3) is 0 Å². The molecule has 11 nitrogen and oxygen atoms in total. The number of imidazole rings is 1. The fraction of sp³-hybridized carbons (Fsp3) is 0.261. The molecule has 3 amide bonds. The van der Waals surface area contributed by atoms with Gasteiger partial charge in [-0.25, -0.2) is 15.0 Å². The van der Waals surface area contributed by atoms with E-state index in [1.807, 2.05) is 19.9 Å². The Kier molecular flexibility index (Phi) is 6.44. The summed E-state index contributed by atoms with van der Waals surface area (Å²) < 4.78 is 0. The molecule has 2 aromatic heterocycles. The minimum absolute atomic E-state index is 0.109. The number of hydrogen-bond donors (Lipinski definition) is 3. The summed E-state index contributed by atoms with van der Waals surface area (Å²) >= 11 is 0. The number of benzene rings is 1. The third-order valence-electron chi connectivity index (χ3n) is 5.25. The quantitative estimate of drug-likeness (QED) is 0.288. The van der Waals surface area contributed by atoms with E-state index in [9.17, 15) is 14.4 Å². The number of H-pyrrole nitrogens is 1. The second kappa shape index (κ2) is 9.61. The molecule has 0 aliphatic carbocycles. The standard InChI is InChI=1S/C23H24N8O3/c1-13-10-14(2)28-23(27-13)30-22(25-9-8-16-11-24-12-26-16)29-19(32)15(3)31-20(33)17-6-4-5-7-18(17)21(31)34/h4-7,10-12,15H,8-9H2,1-3H3,(H,24,26)(H2,25,27,28,29,30,32)/t15-/m0/s1. The molecule has 174 valence electrons. The lowest BCUT2D eigenvalue weighted by molar-refractivity contribution is -0.123. The first-order chi connectivity index (χ1) is 16.3. The number of aliphatic imine (C=N–C) groups is 1. The van der Waals surface area contributed by atoms with Gasteiger partial charge in [0.15, 0.2) is 0 Å². The van der Waals surface area contributed by atoms with Crippen LogP contribution in [0.2, 0.25) is 0 Å². The molecule has 0 unspecified atom stereocenters. The van der Waals surface area contributed by atoms with Crippen molar-refractivity contribution in [2.24, 2.45) is 4.99 Å². The van der Waals surface area contributed by atoms with Crippen LogP contribution < -0.4 is 10.6 Å². The zero-order chi connectivity index (χ0) is 24.2. The van der Waals surface area contributed by atoms with Crippen molar-refractivity contribution in [2.75, 3.05) is 11.9 Å². The maximum absolute atomic E-state index is 13.1. The summed E-state index contributed by atoms with van der Waals surface area (Å²) in [5.41, 5.74) is 2.94. The van der Waals surface area contributed by atoms with Crippen molar-refractivity contribution in [3.8, 4) is 0 Å². The van der Waals surface area contributed by atoms with Crippen molar-refractivity contribution in [1.29, 1.82) is 0 Å². The summed E-state index contributed by atoms with van der Waals surface area (Å²) in [5.74, 6) is -1.21. The van der Waals surface area contributed by atoms with Crippen molar-refractivity contribution in [2.45, 2.75) is 33.2 Å². The Morgan fingerprint density at radius 1 is 1.12 bits per heavy atom. The fourth-order valence-electron chi connectivity index (χ4n) is 3.61. The van der Waals surface area contributed by atoms with Gasteiger partial charge in [-0.1, -0.05) is 12.1 Å². The van der Waals surface area contributed by atoms with Crippen LogP contribution in [0.15, 0.2) is 47.8 Å². The van der Waals surface area contributed by atoms with E-state index in [1.54, 1.807) is 36.8 Å². The summed E-state index contributed by atoms with van der Waals surface area (Å²) in [5, 5.41) is 5.62. The first-order valence-corrected chi connectivity index (χ1v) is 10.7. The zero-order valence-corrected chi connectivity index (χ0v) is 19.0. The van der Waals surface area contributed by atoms with Crippen molar-refractivity contribution >= 4 is 29.6 Å². The van der Waals surface area contributed by atoms with Gasteiger partial charge in [0, 0.05) is 36.2 Å². The van der Waals surface area contributed by atoms with Crippen molar-refractivity contribution in [3.05, 3.63) is 71.1 Å². The predicted molar refractivity (Wildman–Crippen MR) is 124 cm³/mol. The number of nitrogens with one attached hydrogen (secondary N) is 3. The molecule has 0 radical (unpaired) electrons. The van der Waals surface area contributed by atoms with Gasteiger partial charge >= 0.3 is 0 Å². The second-order valence-corrected chi connectivity index (χ2v) is 7.85. The third kappa shape index (κ3) is 4.82. The summed E-state index contributed by atoms with van der Waals surface area (Å²) in [6.07, 6.45) is 3.83. The molecular weight excluding hydrogens is 436 g/mol. The lowest BCUT2D eigenvalue weighted by Gasteiger charge is -2.22. The number of imide groups is 1. The highest BCUT2D eigenvalue weighted by molar-refractivity contribution is 6.23. The summed E-state index contributed by atoms with van der Waals surface area (Å²) in [6, 6.07) is 7.26. The number of hydrogen-bond acceptors (Lipinski definition) is 7. The zero-order valence-electron chi connectivity index (χ0n) is 19.0. The highest BCUT2D eigenvalue weighted by Crippen LogP contribution is 2.24. The highest BCUT2D eigenvalue weighted by atomic mass is 16.2. The third-order valence-corrected chi connectivity index (χ3v) is 5.25. The molecule has 0 bridgehead atoms. The van der Waals surface area contributed by atoms with Crippen LogP contribution in [-0.2, 0) is 11.2 Å². The normalized spacial score (nSPS) is 14.2. The molecule has 34 heavy (non-hydrogen) atoms. The molecule has 1 aliphatic heterocycles. The van der Waals surface area contributed by atoms with E-state index in [0.29, 0.717) is 13.0 Å². The van der Waals surface area contributed by atoms with E-state index >= 15 is 0 Å². The average Bonchev–Trinajstić information content (AvgIpc) is 3.39. The number of anilines is 1. The molecule has 1 aliphatic rings. The Hall–Kier alpha value is -4.41. The number of fused-ring (bicyclic) bond motifs is 1. The number of aryl methyl sites for hydroxylation is 2. The van der Waals surface area contributed by atoms with E-state index in [0.717, 1.165) is 22.0 Å². The summed E-state index contributed by atoms with van der Waals surface area (Å²) in [6.45, 7) is 5.49. The summed E-state index contributed by atoms with van der Waals surface area (Å²) in [7, 11) is 0. The van der Waals surface area contributed by atoms with Crippen LogP contribution in [0.1, 0.15) is 44.7 Å². The fourth-order valence-corrected chi connectivity index (χ4v) is 3.61. The lowest BCUT2D eigenvalue weighted by atomic mass is 10.1. The predicted octanol–water partition coefficient (Wildman–Crippen LogP) is 1.63. The Morgan fingerprint density at radius 2 is 1.76 bits per heavy atom. The number of amides is 3. The highest BCUT2D eigenvalue weighted by Gasteiger charge is 2.40. The van der Waals surface area contributed by atoms with Crippen LogP contribution >= 0.6 is 0 Å². The molecule has 0 fully saturated rings. The van der Waals surface area contributed by atoms with Gasteiger partial charge in [-0.2, -0.15) is 0 Å². The monoisotopic (exact) mass is 460 g/mol. The van der Waals surface area contributed by atoms with Crippen molar-refractivity contribution < 1.29 is 14.4 Å². The van der Waals surface area contributed by atoms with Crippen molar-refractivity contribution in [3.63, 3.8) is 0 Å². The molecule has 3 heterocycles. The molecule has 3 N–H and O–H groups in total. The Morgan fingerprint density at radius 3 is 2.35 bits per heavy atom. The van der Waals surface area contributed by atoms with Gasteiger partial charge in [0.1, 0.15) is 6.04 Å². The molecule has 1 atom stereocenters. The molecule has 11 heteroatoms. The molecule has 3 aromatic rings. The average molecular weight is 460 g/mol. The number of carbonyl (C=O) groups is 3. The van der Waals surface area contributed by atoms with Crippen LogP contribution in [0.4, 0.5) is 5.95 Å². The van der Waals surface area contributed by atoms with Crippen LogP contribution in [-0.4, -0.2) is 61.1 Å². The van der Waals surface area contributed by atoms with Gasteiger partial charge in [-0.15, -0.1) is 0 Å². The number of aromatic amines is 1. The molecular formula is C23H24N8O3. The van der Waals surface area contributed by atoms with E-state index in [-0.39, 0.29) is 23.0 Å². The molecule has 0 spiro atoms. The Balaban J connectivity index is 1.52. The minimum Gasteiger partial charge on any atom is -0.348 e. The van der Waals surface area contributed by atoms with E-state index in [4.69, 9.17) is 0 Å². The van der Waals surface area contributed by atoms with Crippen molar-refractivity contribution in [1.82, 2.24) is 30.2 Å². The van der Waals surface area contributed by atoms with Gasteiger partial charge in [-0.05, 0) is 39.0 Å². The smallest absolute Gasteiger partial charge is 0.262 e. The van der Waals surface area contributed by atoms with Gasteiger partial charge in [0.25, 0.3) is 11.8 Å². The molecule has 0 saturated carbocycles. The topological polar surface area (TPSA) is 145 Å². The van der Waals surface area contributed by atoms with E-state index < -0.39 is 23.8 Å². The molecule has 4 rings (SSSR count). The molecule has 1 aromatic carbocycles. The number of carbonyl (C=O) groups excluding carboxylic acids is 3. The Labute approximate surface area is 195 Å². The van der Waals surface area contributed by atoms with E-state index in [2.05, 4.69) is 35.6 Å². The maximum atomic E-state index is 13.1. The van der Waals surface area contributed by atoms with Gasteiger partial charge in [0.05, 0.1) is 17.5 Å². The van der Waals surface area contributed by atoms with Gasteiger partial charge in [0.2, 0.25) is 17.8 Å². The number of rotatable bonds is 6. The van der Waals surface area contributed by atoms with Crippen LogP contribution in [0.3, 0.4) is 0 Å². The first-order valence-electron chi connectivity index (χ1n) is 10.7. The maximum Gasteiger partial charge on any atom is 0.262 e. The first kappa shape index (κ1) is 22.8. The van der Waals surface area contributed by atoms with Crippen LogP contribution in [0, 0.1) is 13.8 Å². The van der Waals surface area contributed by atoms with Gasteiger partial charge in [-0.3, -0.25) is 34.9 Å². The largest absolute Gasteiger partial charge is 0.348 e. The number of guanidine groups is 1. The van der Waals surface area contributed by atoms with E-state index in [1.165, 1.54) is 6.92 Å². The number of aromatic nitrogens is 4. The summed E-state index contributed by atoms with van der Waals surface area (Å²) in [4.78, 5) is 59.6. The van der Waals surface area contributed by atoms with Crippen LogP contribution in [0.5, 0.6) is 0 Å². The lowest BCUT2D eigenvalue weighted by Crippen LogP contribution is -2.50. The Bertz CT molecular complexity index is 1210. The SMILES string of the molecule is Cc1cc(C)nc(NC(=NCCc2cnc[nH]2)NC(=O)[C@H](C)N2C(=O)c3ccccc3C2=O)n1. The van der Waals surface area contributed by atoms with Gasteiger partial charge < -0.3 is 4.98 Å².